The van der Waals surface area contributed by atoms with Crippen molar-refractivity contribution in [3.63, 3.8) is 0 Å². The number of nitrogens with zero attached hydrogens (tertiary/aromatic N) is 1. The average Bonchev–Trinajstić information content (AvgIpc) is 2.82. The molecule has 1 aliphatic rings. The topological polar surface area (TPSA) is 29.9 Å². The zero-order valence-electron chi connectivity index (χ0n) is 11.7. The highest BCUT2D eigenvalue weighted by molar-refractivity contribution is 7.99. The summed E-state index contributed by atoms with van der Waals surface area (Å²) in [7, 11) is 0. The van der Waals surface area contributed by atoms with Crippen LogP contribution in [0.2, 0.25) is 0 Å². The quantitative estimate of drug-likeness (QED) is 0.840. The summed E-state index contributed by atoms with van der Waals surface area (Å²) >= 11 is 7.57. The lowest BCUT2D eigenvalue weighted by Crippen LogP contribution is -2.16. The minimum absolute atomic E-state index is 0.511. The van der Waals surface area contributed by atoms with Gasteiger partial charge >= 0.3 is 0 Å². The van der Waals surface area contributed by atoms with Gasteiger partial charge in [-0.1, -0.05) is 13.0 Å². The molecule has 0 amide bonds. The summed E-state index contributed by atoms with van der Waals surface area (Å²) in [4.78, 5) is 3.35. The smallest absolute Gasteiger partial charge is 0.178 e. The second-order valence-electron chi connectivity index (χ2n) is 5.17. The van der Waals surface area contributed by atoms with E-state index >= 15 is 0 Å². The van der Waals surface area contributed by atoms with Crippen LogP contribution in [-0.4, -0.2) is 27.7 Å². The molecule has 20 heavy (non-hydrogen) atoms. The Labute approximate surface area is 128 Å². The van der Waals surface area contributed by atoms with E-state index in [1.165, 1.54) is 24.1 Å². The third-order valence-electron chi connectivity index (χ3n) is 3.68. The lowest BCUT2D eigenvalue weighted by molar-refractivity contribution is 0.320. The number of aromatic nitrogens is 2. The third kappa shape index (κ3) is 2.61. The molecule has 1 atom stereocenters. The monoisotopic (exact) mass is 308 g/mol. The van der Waals surface area contributed by atoms with E-state index in [-0.39, 0.29) is 0 Å². The van der Waals surface area contributed by atoms with Crippen molar-refractivity contribution in [2.24, 2.45) is 0 Å². The molecular formula is C15H20N2OS2. The molecule has 0 aliphatic carbocycles. The van der Waals surface area contributed by atoms with Crippen LogP contribution in [-0.2, 0) is 0 Å². The van der Waals surface area contributed by atoms with Crippen LogP contribution in [0.1, 0.15) is 32.2 Å². The second kappa shape index (κ2) is 6.22. The standard InChI is InChI=1S/C15H20N2OS2/c1-2-8-18-13-7-3-6-12-14(13)16-15(19)17(12)11-5-4-9-20-10-11/h3,6-7,11H,2,4-5,8-10H2,1H3,(H,16,19). The fourth-order valence-electron chi connectivity index (χ4n) is 2.74. The summed E-state index contributed by atoms with van der Waals surface area (Å²) in [5.74, 6) is 3.34. The fourth-order valence-corrected chi connectivity index (χ4v) is 4.22. The summed E-state index contributed by atoms with van der Waals surface area (Å²) in [6, 6.07) is 6.72. The first-order valence-corrected chi connectivity index (χ1v) is 8.81. The van der Waals surface area contributed by atoms with Crippen LogP contribution >= 0.6 is 24.0 Å². The summed E-state index contributed by atoms with van der Waals surface area (Å²) in [5.41, 5.74) is 2.22. The molecule has 1 unspecified atom stereocenters. The van der Waals surface area contributed by atoms with Gasteiger partial charge < -0.3 is 14.3 Å². The zero-order chi connectivity index (χ0) is 13.9. The third-order valence-corrected chi connectivity index (χ3v) is 5.17. The number of para-hydroxylation sites is 1. The minimum Gasteiger partial charge on any atom is -0.491 e. The molecule has 0 saturated carbocycles. The highest BCUT2D eigenvalue weighted by atomic mass is 32.2. The van der Waals surface area contributed by atoms with E-state index in [1.807, 2.05) is 17.8 Å². The molecule has 3 rings (SSSR count). The first kappa shape index (κ1) is 14.0. The van der Waals surface area contributed by atoms with Gasteiger partial charge in [0.2, 0.25) is 0 Å². The Kier molecular flexibility index (Phi) is 4.36. The second-order valence-corrected chi connectivity index (χ2v) is 6.71. The average molecular weight is 308 g/mol. The number of aromatic amines is 1. The van der Waals surface area contributed by atoms with E-state index in [4.69, 9.17) is 17.0 Å². The van der Waals surface area contributed by atoms with Crippen molar-refractivity contribution < 1.29 is 4.74 Å². The SMILES string of the molecule is CCCOc1cccc2c1[nH]c(=S)n2C1CCCSC1. The molecule has 5 heteroatoms. The Morgan fingerprint density at radius 2 is 2.40 bits per heavy atom. The van der Waals surface area contributed by atoms with Crippen LogP contribution in [0.25, 0.3) is 11.0 Å². The van der Waals surface area contributed by atoms with Gasteiger partial charge in [-0.3, -0.25) is 0 Å². The number of H-pyrrole nitrogens is 1. The molecule has 0 radical (unpaired) electrons. The largest absolute Gasteiger partial charge is 0.491 e. The number of ether oxygens (including phenoxy) is 1. The lowest BCUT2D eigenvalue weighted by Gasteiger charge is -2.23. The van der Waals surface area contributed by atoms with Crippen molar-refractivity contribution in [3.05, 3.63) is 23.0 Å². The number of imidazole rings is 1. The first-order valence-electron chi connectivity index (χ1n) is 7.25. The van der Waals surface area contributed by atoms with E-state index in [2.05, 4.69) is 28.6 Å². The molecule has 2 heterocycles. The highest BCUT2D eigenvalue weighted by Gasteiger charge is 2.19. The van der Waals surface area contributed by atoms with Gasteiger partial charge in [-0.15, -0.1) is 0 Å². The van der Waals surface area contributed by atoms with Crippen molar-refractivity contribution in [2.75, 3.05) is 18.1 Å². The molecular weight excluding hydrogens is 288 g/mol. The molecule has 0 bridgehead atoms. The number of nitrogens with one attached hydrogen (secondary N) is 1. The van der Waals surface area contributed by atoms with Crippen LogP contribution in [0, 0.1) is 4.77 Å². The van der Waals surface area contributed by atoms with Crippen LogP contribution in [0.15, 0.2) is 18.2 Å². The van der Waals surface area contributed by atoms with E-state index in [0.29, 0.717) is 6.04 Å². The summed E-state index contributed by atoms with van der Waals surface area (Å²) < 4.78 is 8.93. The molecule has 0 spiro atoms. The summed E-state index contributed by atoms with van der Waals surface area (Å²) in [5, 5.41) is 0. The van der Waals surface area contributed by atoms with Gasteiger partial charge in [-0.25, -0.2) is 0 Å². The number of fused-ring (bicyclic) bond motifs is 1. The summed E-state index contributed by atoms with van der Waals surface area (Å²) in [6.45, 7) is 2.86. The molecule has 2 aromatic rings. The number of rotatable bonds is 4. The molecule has 1 saturated heterocycles. The Hall–Kier alpha value is -0.940. The zero-order valence-corrected chi connectivity index (χ0v) is 13.4. The van der Waals surface area contributed by atoms with Crippen molar-refractivity contribution in [1.29, 1.82) is 0 Å². The number of hydrogen-bond acceptors (Lipinski definition) is 3. The van der Waals surface area contributed by atoms with Gasteiger partial charge in [0, 0.05) is 11.8 Å². The van der Waals surface area contributed by atoms with Crippen LogP contribution in [0.3, 0.4) is 0 Å². The number of hydrogen-bond donors (Lipinski definition) is 1. The predicted molar refractivity (Wildman–Crippen MR) is 88.5 cm³/mol. The Bertz CT molecular complexity index is 641. The normalized spacial score (nSPS) is 19.4. The first-order chi connectivity index (χ1) is 9.81. The van der Waals surface area contributed by atoms with Crippen LogP contribution in [0.4, 0.5) is 0 Å². The van der Waals surface area contributed by atoms with Crippen molar-refractivity contribution in [1.82, 2.24) is 9.55 Å². The van der Waals surface area contributed by atoms with E-state index in [1.54, 1.807) is 0 Å². The maximum Gasteiger partial charge on any atom is 0.178 e. The van der Waals surface area contributed by atoms with Crippen molar-refractivity contribution in [3.8, 4) is 5.75 Å². The molecule has 1 aromatic carbocycles. The molecule has 3 nitrogen and oxygen atoms in total. The molecule has 1 aromatic heterocycles. The fraction of sp³-hybridized carbons (Fsp3) is 0.533. The van der Waals surface area contributed by atoms with Gasteiger partial charge in [0.1, 0.15) is 11.3 Å². The summed E-state index contributed by atoms with van der Waals surface area (Å²) in [6.07, 6.45) is 3.50. The van der Waals surface area contributed by atoms with Crippen molar-refractivity contribution >= 4 is 35.0 Å². The van der Waals surface area contributed by atoms with E-state index in [9.17, 15) is 0 Å². The molecule has 1 N–H and O–H groups in total. The Balaban J connectivity index is 2.04. The van der Waals surface area contributed by atoms with E-state index in [0.717, 1.165) is 34.8 Å². The Morgan fingerprint density at radius 1 is 1.50 bits per heavy atom. The molecule has 1 fully saturated rings. The van der Waals surface area contributed by atoms with Gasteiger partial charge in [-0.2, -0.15) is 11.8 Å². The minimum atomic E-state index is 0.511. The van der Waals surface area contributed by atoms with Crippen LogP contribution in [0.5, 0.6) is 5.75 Å². The molecule has 1 aliphatic heterocycles. The number of benzene rings is 1. The Morgan fingerprint density at radius 3 is 3.15 bits per heavy atom. The predicted octanol–water partition coefficient (Wildman–Crippen LogP) is 4.56. The molecule has 108 valence electrons. The number of thioether (sulfide) groups is 1. The van der Waals surface area contributed by atoms with Gasteiger partial charge in [-0.05, 0) is 49.4 Å². The maximum atomic E-state index is 5.83. The van der Waals surface area contributed by atoms with Gasteiger partial charge in [0.15, 0.2) is 4.77 Å². The van der Waals surface area contributed by atoms with Crippen LogP contribution < -0.4 is 4.74 Å². The van der Waals surface area contributed by atoms with Gasteiger partial charge in [0.05, 0.1) is 12.1 Å². The lowest BCUT2D eigenvalue weighted by atomic mass is 10.1. The highest BCUT2D eigenvalue weighted by Crippen LogP contribution is 2.32. The van der Waals surface area contributed by atoms with E-state index < -0.39 is 0 Å². The maximum absolute atomic E-state index is 5.83. The van der Waals surface area contributed by atoms with Crippen molar-refractivity contribution in [2.45, 2.75) is 32.2 Å². The van der Waals surface area contributed by atoms with Gasteiger partial charge in [0.25, 0.3) is 0 Å².